The van der Waals surface area contributed by atoms with Gasteiger partial charge in [0, 0.05) is 30.7 Å². The predicted molar refractivity (Wildman–Crippen MR) is 129 cm³/mol. The average Bonchev–Trinajstić information content (AvgIpc) is 3.06. The third-order valence-corrected chi connectivity index (χ3v) is 6.75. The van der Waals surface area contributed by atoms with E-state index in [4.69, 9.17) is 4.74 Å². The Bertz CT molecular complexity index is 812. The molecule has 0 N–H and O–H groups in total. The van der Waals surface area contributed by atoms with E-state index >= 15 is 0 Å². The van der Waals surface area contributed by atoms with Gasteiger partial charge >= 0.3 is 0 Å². The second-order valence-electron chi connectivity index (χ2n) is 8.69. The van der Waals surface area contributed by atoms with Gasteiger partial charge in [-0.3, -0.25) is 9.69 Å². The molecule has 0 aliphatic carbocycles. The highest BCUT2D eigenvalue weighted by Crippen LogP contribution is 2.29. The van der Waals surface area contributed by atoms with Crippen LogP contribution in [0, 0.1) is 5.92 Å². The smallest absolute Gasteiger partial charge is 0.151 e. The number of Topliss-reactive ketones (excluding diaryl/α,β-unsaturated/α-hetero) is 1. The first kappa shape index (κ1) is 23.3. The lowest BCUT2D eigenvalue weighted by molar-refractivity contribution is -0.120. The molecular formula is C27H38N2O2. The lowest BCUT2D eigenvalue weighted by atomic mass is 9.88. The lowest BCUT2D eigenvalue weighted by Crippen LogP contribution is -2.32. The number of rotatable bonds is 11. The maximum atomic E-state index is 12.7. The fourth-order valence-corrected chi connectivity index (χ4v) is 4.81. The monoisotopic (exact) mass is 422 g/mol. The molecule has 2 aromatic carbocycles. The molecule has 0 spiro atoms. The number of nitrogens with zero attached hydrogens (tertiary/aromatic N) is 2. The van der Waals surface area contributed by atoms with Gasteiger partial charge in [-0.2, -0.15) is 0 Å². The summed E-state index contributed by atoms with van der Waals surface area (Å²) in [5.41, 5.74) is 3.94. The predicted octanol–water partition coefficient (Wildman–Crippen LogP) is 5.00. The van der Waals surface area contributed by atoms with E-state index in [9.17, 15) is 4.79 Å². The van der Waals surface area contributed by atoms with Gasteiger partial charge in [-0.1, -0.05) is 30.7 Å². The van der Waals surface area contributed by atoms with Crippen LogP contribution in [0.1, 0.15) is 44.2 Å². The quantitative estimate of drug-likeness (QED) is 0.477. The number of hydrogen-bond acceptors (Lipinski definition) is 4. The Kier molecular flexibility index (Phi) is 8.53. The molecule has 1 heterocycles. The molecule has 0 radical (unpaired) electrons. The average molecular weight is 423 g/mol. The van der Waals surface area contributed by atoms with Gasteiger partial charge in [-0.15, -0.1) is 0 Å². The first-order valence-corrected chi connectivity index (χ1v) is 11.8. The Morgan fingerprint density at radius 1 is 0.968 bits per heavy atom. The zero-order valence-electron chi connectivity index (χ0n) is 19.6. The zero-order valence-corrected chi connectivity index (χ0v) is 19.6. The van der Waals surface area contributed by atoms with Crippen LogP contribution in [0.4, 0.5) is 5.69 Å². The second-order valence-corrected chi connectivity index (χ2v) is 8.69. The highest BCUT2D eigenvalue weighted by molar-refractivity contribution is 5.85. The number of likely N-dealkylation sites (tertiary alicyclic amines) is 1. The number of unbranched alkanes of at least 4 members (excludes halogenated alkanes) is 1. The van der Waals surface area contributed by atoms with Gasteiger partial charge in [0.25, 0.3) is 0 Å². The summed E-state index contributed by atoms with van der Waals surface area (Å²) >= 11 is 0. The van der Waals surface area contributed by atoms with Gasteiger partial charge in [-0.05, 0) is 82.0 Å². The van der Waals surface area contributed by atoms with Crippen molar-refractivity contribution in [3.63, 3.8) is 0 Å². The molecule has 168 valence electrons. The summed E-state index contributed by atoms with van der Waals surface area (Å²) in [6, 6.07) is 17.6. The summed E-state index contributed by atoms with van der Waals surface area (Å²) in [7, 11) is 3.80. The second kappa shape index (κ2) is 11.3. The van der Waals surface area contributed by atoms with Gasteiger partial charge in [0.1, 0.15) is 5.75 Å². The third-order valence-electron chi connectivity index (χ3n) is 6.75. The van der Waals surface area contributed by atoms with Crippen molar-refractivity contribution in [1.29, 1.82) is 0 Å². The Morgan fingerprint density at radius 3 is 2.23 bits per heavy atom. The van der Waals surface area contributed by atoms with Gasteiger partial charge in [0.15, 0.2) is 5.78 Å². The summed E-state index contributed by atoms with van der Waals surface area (Å²) in [5, 5.41) is 0. The lowest BCUT2D eigenvalue weighted by Gasteiger charge is -2.25. The van der Waals surface area contributed by atoms with Crippen LogP contribution in [0.3, 0.4) is 0 Å². The summed E-state index contributed by atoms with van der Waals surface area (Å²) in [6.07, 6.45) is 5.20. The summed E-state index contributed by atoms with van der Waals surface area (Å²) in [6.45, 7) is 7.01. The molecule has 1 aliphatic rings. The van der Waals surface area contributed by atoms with Crippen LogP contribution >= 0.6 is 0 Å². The normalized spacial score (nSPS) is 19.0. The number of hydrogen-bond donors (Lipinski definition) is 0. The van der Waals surface area contributed by atoms with Gasteiger partial charge in [0.2, 0.25) is 0 Å². The number of carbonyl (C=O) groups is 1. The van der Waals surface area contributed by atoms with Crippen molar-refractivity contribution < 1.29 is 9.53 Å². The molecule has 0 amide bonds. The van der Waals surface area contributed by atoms with E-state index in [1.165, 1.54) is 16.8 Å². The van der Waals surface area contributed by atoms with Gasteiger partial charge < -0.3 is 9.64 Å². The van der Waals surface area contributed by atoms with Crippen molar-refractivity contribution >= 4 is 11.5 Å². The summed E-state index contributed by atoms with van der Waals surface area (Å²) < 4.78 is 5.23. The van der Waals surface area contributed by atoms with Crippen LogP contribution in [-0.4, -0.2) is 50.5 Å². The van der Waals surface area contributed by atoms with Crippen LogP contribution < -0.4 is 9.64 Å². The first-order chi connectivity index (χ1) is 15.0. The molecule has 4 nitrogen and oxygen atoms in total. The molecule has 1 saturated heterocycles. The first-order valence-electron chi connectivity index (χ1n) is 11.8. The van der Waals surface area contributed by atoms with Crippen LogP contribution in [0.25, 0.3) is 0 Å². The zero-order chi connectivity index (χ0) is 22.2. The van der Waals surface area contributed by atoms with E-state index in [1.54, 1.807) is 7.11 Å². The molecule has 1 fully saturated rings. The molecular weight excluding hydrogens is 384 g/mol. The molecule has 2 aromatic rings. The minimum Gasteiger partial charge on any atom is -0.497 e. The summed E-state index contributed by atoms with van der Waals surface area (Å²) in [4.78, 5) is 17.3. The molecule has 0 bridgehead atoms. The maximum Gasteiger partial charge on any atom is 0.151 e. The SMILES string of the molecule is CCN(CC)c1ccc(CC2C(CCCCc3ccc(OC)cc3)C(=O)CN2C)cc1. The number of methoxy groups -OCH3 is 1. The van der Waals surface area contributed by atoms with Crippen LogP contribution in [0.2, 0.25) is 0 Å². The molecule has 0 saturated carbocycles. The van der Waals surface area contributed by atoms with E-state index in [1.807, 2.05) is 12.1 Å². The number of likely N-dealkylation sites (N-methyl/N-ethyl adjacent to an activating group) is 1. The molecule has 1 aliphatic heterocycles. The largest absolute Gasteiger partial charge is 0.497 e. The molecule has 4 heteroatoms. The molecule has 2 unspecified atom stereocenters. The number of ether oxygens (including phenoxy) is 1. The molecule has 0 aromatic heterocycles. The van der Waals surface area contributed by atoms with E-state index in [-0.39, 0.29) is 5.92 Å². The number of carbonyl (C=O) groups excluding carboxylic acids is 1. The van der Waals surface area contributed by atoms with Crippen molar-refractivity contribution in [3.05, 3.63) is 59.7 Å². The fourth-order valence-electron chi connectivity index (χ4n) is 4.81. The van der Waals surface area contributed by atoms with E-state index in [2.05, 4.69) is 67.1 Å². The molecule has 3 rings (SSSR count). The Balaban J connectivity index is 1.53. The number of anilines is 1. The van der Waals surface area contributed by atoms with Gasteiger partial charge in [0.05, 0.1) is 13.7 Å². The number of benzene rings is 2. The van der Waals surface area contributed by atoms with Crippen LogP contribution in [-0.2, 0) is 17.6 Å². The van der Waals surface area contributed by atoms with Crippen molar-refractivity contribution in [2.75, 3.05) is 38.7 Å². The maximum absolute atomic E-state index is 12.7. The minimum atomic E-state index is 0.156. The van der Waals surface area contributed by atoms with Crippen molar-refractivity contribution in [2.45, 2.75) is 52.0 Å². The third kappa shape index (κ3) is 6.10. The highest BCUT2D eigenvalue weighted by Gasteiger charge is 2.37. The Morgan fingerprint density at radius 2 is 1.61 bits per heavy atom. The van der Waals surface area contributed by atoms with E-state index in [0.29, 0.717) is 18.4 Å². The van der Waals surface area contributed by atoms with Crippen LogP contribution in [0.5, 0.6) is 5.75 Å². The fraction of sp³-hybridized carbons (Fsp3) is 0.519. The highest BCUT2D eigenvalue weighted by atomic mass is 16.5. The number of ketones is 1. The van der Waals surface area contributed by atoms with Gasteiger partial charge in [-0.25, -0.2) is 0 Å². The van der Waals surface area contributed by atoms with E-state index < -0.39 is 0 Å². The van der Waals surface area contributed by atoms with E-state index in [0.717, 1.165) is 50.9 Å². The Hall–Kier alpha value is -2.33. The molecule has 31 heavy (non-hydrogen) atoms. The van der Waals surface area contributed by atoms with Crippen molar-refractivity contribution in [2.24, 2.45) is 5.92 Å². The topological polar surface area (TPSA) is 32.8 Å². The minimum absolute atomic E-state index is 0.156. The van der Waals surface area contributed by atoms with Crippen LogP contribution in [0.15, 0.2) is 48.5 Å². The van der Waals surface area contributed by atoms with Crippen molar-refractivity contribution in [3.8, 4) is 5.75 Å². The number of aryl methyl sites for hydroxylation is 1. The summed E-state index contributed by atoms with van der Waals surface area (Å²) in [5.74, 6) is 1.47. The van der Waals surface area contributed by atoms with Crippen molar-refractivity contribution in [1.82, 2.24) is 4.90 Å². The molecule has 2 atom stereocenters. The Labute approximate surface area is 188 Å². The standard InChI is InChI=1S/C27H38N2O2/c1-5-29(6-2)23-15-11-22(12-16-23)19-26-25(27(30)20-28(26)3)10-8-7-9-21-13-17-24(31-4)18-14-21/h11-18,25-26H,5-10,19-20H2,1-4H3.